The molecule has 21 heavy (non-hydrogen) atoms. The zero-order valence-electron chi connectivity index (χ0n) is 12.1. The second kappa shape index (κ2) is 5.95. The number of ether oxygens (including phenoxy) is 1. The first kappa shape index (κ1) is 14.2. The summed E-state index contributed by atoms with van der Waals surface area (Å²) in [5, 5.41) is 14.0. The van der Waals surface area contributed by atoms with Gasteiger partial charge in [-0.1, -0.05) is 0 Å². The van der Waals surface area contributed by atoms with Gasteiger partial charge in [0, 0.05) is 31.2 Å². The minimum absolute atomic E-state index is 0.0503. The van der Waals surface area contributed by atoms with Gasteiger partial charge in [0.05, 0.1) is 17.6 Å². The lowest BCUT2D eigenvalue weighted by Crippen LogP contribution is -2.46. The maximum absolute atomic E-state index is 10.8. The number of aryl methyl sites for hydroxylation is 1. The van der Waals surface area contributed by atoms with Gasteiger partial charge in [-0.05, 0) is 25.8 Å². The van der Waals surface area contributed by atoms with Gasteiger partial charge in [0.25, 0.3) is 5.69 Å². The van der Waals surface area contributed by atoms with Crippen molar-refractivity contribution in [1.82, 2.24) is 9.88 Å². The van der Waals surface area contributed by atoms with Gasteiger partial charge >= 0.3 is 0 Å². The first-order chi connectivity index (χ1) is 10.1. The summed E-state index contributed by atoms with van der Waals surface area (Å²) in [5.74, 6) is 0.658. The monoisotopic (exact) mass is 292 g/mol. The summed E-state index contributed by atoms with van der Waals surface area (Å²) < 4.78 is 5.76. The van der Waals surface area contributed by atoms with Crippen LogP contribution in [-0.2, 0) is 4.74 Å². The number of rotatable bonds is 5. The Hall–Kier alpha value is -1.73. The summed E-state index contributed by atoms with van der Waals surface area (Å²) in [7, 11) is 0. The predicted molar refractivity (Wildman–Crippen MR) is 78.5 cm³/mol. The third-order valence-electron chi connectivity index (χ3n) is 4.02. The lowest BCUT2D eigenvalue weighted by atomic mass is 10.2. The molecule has 1 aliphatic heterocycles. The zero-order chi connectivity index (χ0) is 14.8. The van der Waals surface area contributed by atoms with Crippen LogP contribution in [0, 0.1) is 17.0 Å². The first-order valence-electron chi connectivity index (χ1n) is 7.34. The maximum Gasteiger partial charge on any atom is 0.290 e. The number of nitrogens with zero attached hydrogens (tertiary/aromatic N) is 3. The lowest BCUT2D eigenvalue weighted by molar-refractivity contribution is -0.385. The minimum atomic E-state index is -0.413. The Morgan fingerprint density at radius 1 is 1.57 bits per heavy atom. The molecule has 1 aromatic heterocycles. The van der Waals surface area contributed by atoms with Crippen molar-refractivity contribution in [3.63, 3.8) is 0 Å². The molecule has 3 rings (SSSR count). The molecule has 1 atom stereocenters. The Kier molecular flexibility index (Phi) is 4.03. The average molecular weight is 292 g/mol. The SMILES string of the molecule is Cc1cc(NCC2CN(C3CC3)CCO2)ncc1[N+](=O)[O-]. The van der Waals surface area contributed by atoms with E-state index in [1.165, 1.54) is 19.0 Å². The number of anilines is 1. The van der Waals surface area contributed by atoms with Gasteiger partial charge in [0.1, 0.15) is 12.0 Å². The molecule has 1 N–H and O–H groups in total. The number of aromatic nitrogens is 1. The largest absolute Gasteiger partial charge is 0.374 e. The Labute approximate surface area is 123 Å². The fourth-order valence-electron chi connectivity index (χ4n) is 2.69. The molecule has 2 fully saturated rings. The normalized spacial score (nSPS) is 23.0. The van der Waals surface area contributed by atoms with Gasteiger partial charge < -0.3 is 10.1 Å². The summed E-state index contributed by atoms with van der Waals surface area (Å²) in [6, 6.07) is 2.47. The standard InChI is InChI=1S/C14H20N4O3/c1-10-6-14(16-8-13(10)18(19)20)15-7-12-9-17(4-5-21-12)11-2-3-11/h6,8,11-12H,2-5,7,9H2,1H3,(H,15,16). The number of hydrogen-bond acceptors (Lipinski definition) is 6. The first-order valence-corrected chi connectivity index (χ1v) is 7.34. The molecule has 1 aliphatic carbocycles. The minimum Gasteiger partial charge on any atom is -0.374 e. The van der Waals surface area contributed by atoms with E-state index in [4.69, 9.17) is 4.74 Å². The highest BCUT2D eigenvalue weighted by molar-refractivity contribution is 5.46. The summed E-state index contributed by atoms with van der Waals surface area (Å²) in [4.78, 5) is 16.9. The number of morpholine rings is 1. The van der Waals surface area contributed by atoms with Crippen molar-refractivity contribution in [2.45, 2.75) is 31.9 Å². The van der Waals surface area contributed by atoms with Crippen LogP contribution in [0.5, 0.6) is 0 Å². The Morgan fingerprint density at radius 2 is 2.38 bits per heavy atom. The van der Waals surface area contributed by atoms with Gasteiger partial charge in [-0.2, -0.15) is 0 Å². The molecule has 7 nitrogen and oxygen atoms in total. The summed E-state index contributed by atoms with van der Waals surface area (Å²) >= 11 is 0. The van der Waals surface area contributed by atoms with Crippen molar-refractivity contribution in [3.8, 4) is 0 Å². The highest BCUT2D eigenvalue weighted by atomic mass is 16.6. The summed E-state index contributed by atoms with van der Waals surface area (Å²) in [5.41, 5.74) is 0.663. The second-order valence-electron chi connectivity index (χ2n) is 5.71. The zero-order valence-corrected chi connectivity index (χ0v) is 12.1. The molecule has 114 valence electrons. The van der Waals surface area contributed by atoms with E-state index in [9.17, 15) is 10.1 Å². The van der Waals surface area contributed by atoms with Crippen LogP contribution in [0.3, 0.4) is 0 Å². The van der Waals surface area contributed by atoms with Crippen LogP contribution in [0.4, 0.5) is 11.5 Å². The van der Waals surface area contributed by atoms with Crippen LogP contribution in [0.2, 0.25) is 0 Å². The quantitative estimate of drug-likeness (QED) is 0.655. The van der Waals surface area contributed by atoms with Gasteiger partial charge in [-0.25, -0.2) is 4.98 Å². The number of nitrogens with one attached hydrogen (secondary N) is 1. The molecular weight excluding hydrogens is 272 g/mol. The van der Waals surface area contributed by atoms with Gasteiger partial charge in [-0.3, -0.25) is 15.0 Å². The Balaban J connectivity index is 1.54. The fourth-order valence-corrected chi connectivity index (χ4v) is 2.69. The fraction of sp³-hybridized carbons (Fsp3) is 0.643. The molecule has 1 unspecified atom stereocenters. The van der Waals surface area contributed by atoms with Gasteiger partial charge in [0.2, 0.25) is 0 Å². The molecule has 0 amide bonds. The molecule has 0 aromatic carbocycles. The molecular formula is C14H20N4O3. The molecule has 1 aromatic rings. The summed E-state index contributed by atoms with van der Waals surface area (Å²) in [6.45, 7) is 5.14. The van der Waals surface area contributed by atoms with Gasteiger partial charge in [-0.15, -0.1) is 0 Å². The average Bonchev–Trinajstić information content (AvgIpc) is 3.30. The number of nitro groups is 1. The van der Waals surface area contributed by atoms with E-state index in [0.29, 0.717) is 17.9 Å². The van der Waals surface area contributed by atoms with E-state index in [0.717, 1.165) is 25.7 Å². The van der Waals surface area contributed by atoms with Crippen LogP contribution in [-0.4, -0.2) is 53.2 Å². The van der Waals surface area contributed by atoms with Crippen LogP contribution >= 0.6 is 0 Å². The van der Waals surface area contributed by atoms with Crippen LogP contribution < -0.4 is 5.32 Å². The smallest absolute Gasteiger partial charge is 0.290 e. The van der Waals surface area contributed by atoms with Crippen molar-refractivity contribution >= 4 is 11.5 Å². The van der Waals surface area contributed by atoms with Crippen LogP contribution in [0.1, 0.15) is 18.4 Å². The van der Waals surface area contributed by atoms with Crippen molar-refractivity contribution < 1.29 is 9.66 Å². The third kappa shape index (κ3) is 3.48. The third-order valence-corrected chi connectivity index (χ3v) is 4.02. The second-order valence-corrected chi connectivity index (χ2v) is 5.71. The topological polar surface area (TPSA) is 80.5 Å². The molecule has 0 spiro atoms. The molecule has 2 aliphatic rings. The maximum atomic E-state index is 10.8. The van der Waals surface area contributed by atoms with Crippen LogP contribution in [0.25, 0.3) is 0 Å². The van der Waals surface area contributed by atoms with E-state index < -0.39 is 4.92 Å². The molecule has 1 saturated heterocycles. The van der Waals surface area contributed by atoms with E-state index >= 15 is 0 Å². The number of hydrogen-bond donors (Lipinski definition) is 1. The van der Waals surface area contributed by atoms with Crippen LogP contribution in [0.15, 0.2) is 12.3 Å². The van der Waals surface area contributed by atoms with Crippen molar-refractivity contribution in [1.29, 1.82) is 0 Å². The Morgan fingerprint density at radius 3 is 3.05 bits per heavy atom. The molecule has 2 heterocycles. The van der Waals surface area contributed by atoms with Crippen molar-refractivity contribution in [2.75, 3.05) is 31.6 Å². The van der Waals surface area contributed by atoms with E-state index in [2.05, 4.69) is 15.2 Å². The molecule has 0 radical (unpaired) electrons. The predicted octanol–water partition coefficient (Wildman–Crippen LogP) is 1.57. The van der Waals surface area contributed by atoms with Gasteiger partial charge in [0.15, 0.2) is 0 Å². The highest BCUT2D eigenvalue weighted by Gasteiger charge is 2.32. The lowest BCUT2D eigenvalue weighted by Gasteiger charge is -2.33. The number of pyridine rings is 1. The summed E-state index contributed by atoms with van der Waals surface area (Å²) in [6.07, 6.45) is 4.07. The molecule has 0 bridgehead atoms. The van der Waals surface area contributed by atoms with Crippen molar-refractivity contribution in [3.05, 3.63) is 27.9 Å². The molecule has 1 saturated carbocycles. The van der Waals surface area contributed by atoms with E-state index in [1.807, 2.05) is 0 Å². The highest BCUT2D eigenvalue weighted by Crippen LogP contribution is 2.28. The molecule has 7 heteroatoms. The van der Waals surface area contributed by atoms with E-state index in [-0.39, 0.29) is 11.8 Å². The Bertz CT molecular complexity index is 533. The van der Waals surface area contributed by atoms with Crippen molar-refractivity contribution in [2.24, 2.45) is 0 Å². The van der Waals surface area contributed by atoms with E-state index in [1.54, 1.807) is 13.0 Å².